The van der Waals surface area contributed by atoms with Gasteiger partial charge in [0.2, 0.25) is 0 Å². The minimum atomic E-state index is -1.03. The number of nitrogens with zero attached hydrogens (tertiary/aromatic N) is 1. The van der Waals surface area contributed by atoms with Crippen molar-refractivity contribution in [2.75, 3.05) is 19.7 Å². The number of piperidine rings is 1. The number of carbonyl (C=O) groups excluding carboxylic acids is 1. The molecule has 0 amide bonds. The van der Waals surface area contributed by atoms with E-state index in [2.05, 4.69) is 35.7 Å². The number of ketones is 1. The number of likely N-dealkylation sites (tertiary alicyclic amines) is 1. The van der Waals surface area contributed by atoms with Crippen molar-refractivity contribution in [2.45, 2.75) is 68.1 Å². The van der Waals surface area contributed by atoms with Crippen molar-refractivity contribution in [1.29, 1.82) is 0 Å². The van der Waals surface area contributed by atoms with Crippen LogP contribution < -0.4 is 4.74 Å². The van der Waals surface area contributed by atoms with Crippen LogP contribution in [0.25, 0.3) is 0 Å². The van der Waals surface area contributed by atoms with Gasteiger partial charge < -0.3 is 14.6 Å². The first-order valence-corrected chi connectivity index (χ1v) is 12.6. The van der Waals surface area contributed by atoms with Crippen LogP contribution >= 0.6 is 0 Å². The van der Waals surface area contributed by atoms with Gasteiger partial charge in [0.05, 0.1) is 11.0 Å². The van der Waals surface area contributed by atoms with E-state index in [1.165, 1.54) is 11.1 Å². The molecule has 2 heterocycles. The average Bonchev–Trinajstić information content (AvgIpc) is 3.13. The van der Waals surface area contributed by atoms with Crippen molar-refractivity contribution in [3.8, 4) is 11.5 Å². The number of hydrogen-bond donors (Lipinski definition) is 1. The number of carbonyl (C=O) groups is 1. The third-order valence-electron chi connectivity index (χ3n) is 9.09. The summed E-state index contributed by atoms with van der Waals surface area (Å²) in [7, 11) is 0. The zero-order valence-electron chi connectivity index (χ0n) is 19.9. The zero-order chi connectivity index (χ0) is 23.6. The number of phenolic OH excluding ortho intramolecular Hbond substituents is 1. The maximum atomic E-state index is 13.5. The Morgan fingerprint density at radius 1 is 1.24 bits per heavy atom. The molecule has 5 nitrogen and oxygen atoms in total. The molecule has 4 aliphatic rings. The molecule has 34 heavy (non-hydrogen) atoms. The van der Waals surface area contributed by atoms with Crippen LogP contribution in [0.3, 0.4) is 0 Å². The standard InChI is InChI=1S/C29H33NO4/c1-3-16-30-17-15-28-25-21-11-12-22(31)26(25)34-27(28,2)24(32)13-14-29(28,23(30)19-21)33-18-7-10-20-8-5-4-6-9-20/h3-6,8-9,11-12,23,31H,1,7,10,13-19H2,2H3/t23?,27-,28-,29+/m0/s1. The summed E-state index contributed by atoms with van der Waals surface area (Å²) in [6.07, 6.45) is 6.55. The van der Waals surface area contributed by atoms with E-state index >= 15 is 0 Å². The Morgan fingerprint density at radius 2 is 2.06 bits per heavy atom. The first-order valence-electron chi connectivity index (χ1n) is 12.6. The Labute approximate surface area is 201 Å². The maximum absolute atomic E-state index is 13.5. The van der Waals surface area contributed by atoms with Gasteiger partial charge >= 0.3 is 0 Å². The summed E-state index contributed by atoms with van der Waals surface area (Å²) in [4.78, 5) is 16.0. The van der Waals surface area contributed by atoms with E-state index in [1.807, 2.05) is 25.1 Å². The summed E-state index contributed by atoms with van der Waals surface area (Å²) in [6.45, 7) is 8.23. The number of ether oxygens (including phenoxy) is 2. The molecular weight excluding hydrogens is 426 g/mol. The molecule has 4 atom stereocenters. The van der Waals surface area contributed by atoms with E-state index in [-0.39, 0.29) is 17.6 Å². The molecule has 1 unspecified atom stereocenters. The van der Waals surface area contributed by atoms with Crippen LogP contribution in [0.2, 0.25) is 0 Å². The molecule has 0 radical (unpaired) electrons. The van der Waals surface area contributed by atoms with Gasteiger partial charge in [-0.15, -0.1) is 6.58 Å². The lowest BCUT2D eigenvalue weighted by Gasteiger charge is -2.66. The van der Waals surface area contributed by atoms with E-state index < -0.39 is 16.6 Å². The number of hydrogen-bond acceptors (Lipinski definition) is 5. The largest absolute Gasteiger partial charge is 0.504 e. The minimum absolute atomic E-state index is 0.121. The normalized spacial score (nSPS) is 33.3. The topological polar surface area (TPSA) is 59.0 Å². The fourth-order valence-corrected chi connectivity index (χ4v) is 7.69. The molecule has 2 aromatic carbocycles. The molecule has 2 bridgehead atoms. The van der Waals surface area contributed by atoms with Crippen molar-refractivity contribution < 1.29 is 19.4 Å². The van der Waals surface area contributed by atoms with Crippen LogP contribution in [0.4, 0.5) is 0 Å². The quantitative estimate of drug-likeness (QED) is 0.493. The van der Waals surface area contributed by atoms with Crippen LogP contribution in [-0.4, -0.2) is 52.7 Å². The number of phenols is 1. The van der Waals surface area contributed by atoms with E-state index in [4.69, 9.17) is 9.47 Å². The maximum Gasteiger partial charge on any atom is 0.177 e. The molecule has 1 spiro atoms. The summed E-state index contributed by atoms with van der Waals surface area (Å²) in [6, 6.07) is 14.4. The molecule has 1 saturated carbocycles. The smallest absolute Gasteiger partial charge is 0.177 e. The van der Waals surface area contributed by atoms with Crippen LogP contribution in [-0.2, 0) is 27.8 Å². The first-order chi connectivity index (χ1) is 16.5. The molecule has 5 heteroatoms. The van der Waals surface area contributed by atoms with Gasteiger partial charge in [-0.3, -0.25) is 9.69 Å². The van der Waals surface area contributed by atoms with Crippen molar-refractivity contribution in [3.63, 3.8) is 0 Å². The molecule has 1 N–H and O–H groups in total. The summed E-state index contributed by atoms with van der Waals surface area (Å²) in [5, 5.41) is 10.8. The molecule has 178 valence electrons. The summed E-state index contributed by atoms with van der Waals surface area (Å²) in [5.41, 5.74) is 1.35. The number of rotatable bonds is 7. The average molecular weight is 460 g/mol. The molecule has 2 aliphatic carbocycles. The molecule has 2 aromatic rings. The Hall–Kier alpha value is -2.63. The third-order valence-corrected chi connectivity index (χ3v) is 9.09. The van der Waals surface area contributed by atoms with E-state index in [0.29, 0.717) is 25.2 Å². The Bertz CT molecular complexity index is 1150. The Morgan fingerprint density at radius 3 is 2.85 bits per heavy atom. The third kappa shape index (κ3) is 2.65. The van der Waals surface area contributed by atoms with Crippen LogP contribution in [0.1, 0.15) is 49.3 Å². The lowest BCUT2D eigenvalue weighted by atomic mass is 9.45. The summed E-state index contributed by atoms with van der Waals surface area (Å²) < 4.78 is 13.5. The van der Waals surface area contributed by atoms with Crippen LogP contribution in [0.15, 0.2) is 55.1 Å². The Kier molecular flexibility index (Phi) is 4.95. The van der Waals surface area contributed by atoms with Gasteiger partial charge in [-0.1, -0.05) is 42.5 Å². The number of aromatic hydroxyl groups is 1. The zero-order valence-corrected chi connectivity index (χ0v) is 19.9. The fraction of sp³-hybridized carbons (Fsp3) is 0.483. The number of benzene rings is 2. The van der Waals surface area contributed by atoms with E-state index in [9.17, 15) is 9.90 Å². The SMILES string of the molecule is C=CCN1CC[C@]23c4c5ccc(O)c4O[C@@]2(C)C(=O)CC[C@@]3(OCCCc2ccccc2)C1C5. The van der Waals surface area contributed by atoms with Crippen LogP contribution in [0.5, 0.6) is 11.5 Å². The second kappa shape index (κ2) is 7.69. The first kappa shape index (κ1) is 21.9. The van der Waals surface area contributed by atoms with Crippen molar-refractivity contribution in [3.05, 3.63) is 71.8 Å². The van der Waals surface area contributed by atoms with E-state index in [1.54, 1.807) is 6.07 Å². The van der Waals surface area contributed by atoms with E-state index in [0.717, 1.165) is 44.3 Å². The summed E-state index contributed by atoms with van der Waals surface area (Å²) in [5.74, 6) is 0.750. The Balaban J connectivity index is 1.44. The molecule has 6 rings (SSSR count). The van der Waals surface area contributed by atoms with Crippen molar-refractivity contribution in [2.24, 2.45) is 0 Å². The van der Waals surface area contributed by atoms with Gasteiger partial charge in [0, 0.05) is 37.7 Å². The monoisotopic (exact) mass is 459 g/mol. The number of Topliss-reactive ketones (excluding diaryl/α,β-unsaturated/α-hetero) is 1. The predicted molar refractivity (Wildman–Crippen MR) is 130 cm³/mol. The second-order valence-corrected chi connectivity index (χ2v) is 10.5. The molecule has 0 aromatic heterocycles. The highest BCUT2D eigenvalue weighted by Gasteiger charge is 2.78. The summed E-state index contributed by atoms with van der Waals surface area (Å²) >= 11 is 0. The molecular formula is C29H33NO4. The van der Waals surface area contributed by atoms with Gasteiger partial charge in [-0.2, -0.15) is 0 Å². The highest BCUT2D eigenvalue weighted by atomic mass is 16.5. The van der Waals surface area contributed by atoms with Gasteiger partial charge in [-0.05, 0) is 56.2 Å². The predicted octanol–water partition coefficient (Wildman–Crippen LogP) is 4.35. The van der Waals surface area contributed by atoms with Crippen molar-refractivity contribution >= 4 is 5.78 Å². The number of aryl methyl sites for hydroxylation is 1. The highest BCUT2D eigenvalue weighted by molar-refractivity contribution is 5.94. The molecule has 2 aliphatic heterocycles. The fourth-order valence-electron chi connectivity index (χ4n) is 7.69. The highest BCUT2D eigenvalue weighted by Crippen LogP contribution is 2.69. The molecule has 2 fully saturated rings. The van der Waals surface area contributed by atoms with Crippen LogP contribution in [0, 0.1) is 0 Å². The molecule has 1 saturated heterocycles. The second-order valence-electron chi connectivity index (χ2n) is 10.5. The minimum Gasteiger partial charge on any atom is -0.504 e. The van der Waals surface area contributed by atoms with Gasteiger partial charge in [0.1, 0.15) is 0 Å². The van der Waals surface area contributed by atoms with Gasteiger partial charge in [0.15, 0.2) is 22.9 Å². The van der Waals surface area contributed by atoms with Gasteiger partial charge in [0.25, 0.3) is 0 Å². The lowest BCUT2D eigenvalue weighted by molar-refractivity contribution is -0.230. The lowest BCUT2D eigenvalue weighted by Crippen LogP contribution is -2.80. The van der Waals surface area contributed by atoms with Crippen molar-refractivity contribution in [1.82, 2.24) is 4.90 Å². The van der Waals surface area contributed by atoms with Gasteiger partial charge in [-0.25, -0.2) is 0 Å².